The normalized spacial score (nSPS) is 22.3. The first-order valence-electron chi connectivity index (χ1n) is 5.97. The van der Waals surface area contributed by atoms with E-state index in [0.717, 1.165) is 0 Å². The Balaban J connectivity index is 2.05. The fourth-order valence-electron chi connectivity index (χ4n) is 3.51. The van der Waals surface area contributed by atoms with Gasteiger partial charge < -0.3 is 0 Å². The molecule has 2 aliphatic rings. The number of rotatable bonds is 0. The van der Waals surface area contributed by atoms with Gasteiger partial charge in [-0.2, -0.15) is 0 Å². The van der Waals surface area contributed by atoms with Gasteiger partial charge in [-0.3, -0.25) is 0 Å². The Morgan fingerprint density at radius 1 is 1.07 bits per heavy atom. The van der Waals surface area contributed by atoms with Gasteiger partial charge >= 0.3 is 0 Å². The van der Waals surface area contributed by atoms with E-state index in [9.17, 15) is 0 Å². The Morgan fingerprint density at radius 2 is 1.73 bits per heavy atom. The van der Waals surface area contributed by atoms with Crippen molar-refractivity contribution < 1.29 is 0 Å². The number of hydrogen-bond acceptors (Lipinski definition) is 0. The summed E-state index contributed by atoms with van der Waals surface area (Å²) in [5, 5.41) is 0. The van der Waals surface area contributed by atoms with Crippen LogP contribution in [0.25, 0.3) is 0 Å². The lowest BCUT2D eigenvalue weighted by Gasteiger charge is -2.21. The van der Waals surface area contributed by atoms with E-state index in [1.807, 2.05) is 0 Å². The maximum absolute atomic E-state index is 3.71. The molecule has 1 spiro atoms. The van der Waals surface area contributed by atoms with E-state index in [1.54, 1.807) is 11.1 Å². The highest BCUT2D eigenvalue weighted by Crippen LogP contribution is 2.50. The minimum Gasteiger partial charge on any atom is -0.0579 e. The van der Waals surface area contributed by atoms with Gasteiger partial charge in [0.25, 0.3) is 0 Å². The molecule has 0 heterocycles. The van der Waals surface area contributed by atoms with E-state index in [2.05, 4.69) is 35.0 Å². The third kappa shape index (κ3) is 1.47. The lowest BCUT2D eigenvalue weighted by atomic mass is 9.83. The van der Waals surface area contributed by atoms with Crippen LogP contribution in [0.2, 0.25) is 0 Å². The molecule has 15 heavy (non-hydrogen) atoms. The van der Waals surface area contributed by atoms with Crippen molar-refractivity contribution in [3.05, 3.63) is 33.3 Å². The third-order valence-corrected chi connectivity index (χ3v) is 5.12. The van der Waals surface area contributed by atoms with Crippen LogP contribution in [0.3, 0.4) is 0 Å². The predicted molar refractivity (Wildman–Crippen MR) is 67.2 cm³/mol. The Hall–Kier alpha value is -0.300. The Kier molecular flexibility index (Phi) is 2.21. The van der Waals surface area contributed by atoms with Gasteiger partial charge in [0, 0.05) is 4.47 Å². The van der Waals surface area contributed by atoms with E-state index in [1.165, 1.54) is 48.6 Å². The summed E-state index contributed by atoms with van der Waals surface area (Å²) in [6.07, 6.45) is 8.47. The van der Waals surface area contributed by atoms with Crippen molar-refractivity contribution in [1.29, 1.82) is 0 Å². The molecule has 1 aromatic rings. The zero-order chi connectivity index (χ0) is 10.5. The fourth-order valence-corrected chi connectivity index (χ4v) is 4.02. The molecule has 0 nitrogen and oxygen atoms in total. The molecule has 0 bridgehead atoms. The van der Waals surface area contributed by atoms with Gasteiger partial charge in [0.2, 0.25) is 0 Å². The number of hydrogen-bond donors (Lipinski definition) is 0. The van der Waals surface area contributed by atoms with Crippen LogP contribution in [-0.4, -0.2) is 0 Å². The zero-order valence-electron chi connectivity index (χ0n) is 9.28. The van der Waals surface area contributed by atoms with Crippen molar-refractivity contribution in [3.63, 3.8) is 0 Å². The van der Waals surface area contributed by atoms with Crippen LogP contribution in [0.1, 0.15) is 42.4 Å². The van der Waals surface area contributed by atoms with Crippen LogP contribution in [0.5, 0.6) is 0 Å². The second-order valence-corrected chi connectivity index (χ2v) is 6.24. The lowest BCUT2D eigenvalue weighted by Crippen LogP contribution is -2.15. The summed E-state index contributed by atoms with van der Waals surface area (Å²) in [6.45, 7) is 2.26. The van der Waals surface area contributed by atoms with Crippen molar-refractivity contribution in [3.8, 4) is 0 Å². The van der Waals surface area contributed by atoms with E-state index in [0.29, 0.717) is 5.41 Å². The number of aryl methyl sites for hydroxylation is 1. The predicted octanol–water partition coefficient (Wildman–Crippen LogP) is 4.42. The van der Waals surface area contributed by atoms with Gasteiger partial charge in [0.05, 0.1) is 0 Å². The van der Waals surface area contributed by atoms with Crippen LogP contribution in [-0.2, 0) is 12.8 Å². The maximum atomic E-state index is 3.71. The molecule has 2 aliphatic carbocycles. The summed E-state index contributed by atoms with van der Waals surface area (Å²) in [6, 6.07) is 4.49. The zero-order valence-corrected chi connectivity index (χ0v) is 10.9. The third-order valence-electron chi connectivity index (χ3n) is 4.38. The van der Waals surface area contributed by atoms with Crippen LogP contribution in [0.4, 0.5) is 0 Å². The monoisotopic (exact) mass is 264 g/mol. The van der Waals surface area contributed by atoms with Gasteiger partial charge in [-0.05, 0) is 60.8 Å². The maximum Gasteiger partial charge on any atom is 0.0210 e. The molecule has 1 aromatic carbocycles. The highest BCUT2D eigenvalue weighted by Gasteiger charge is 2.40. The summed E-state index contributed by atoms with van der Waals surface area (Å²) in [7, 11) is 0. The molecule has 80 valence electrons. The lowest BCUT2D eigenvalue weighted by molar-refractivity contribution is 0.317. The Bertz CT molecular complexity index is 367. The quantitative estimate of drug-likeness (QED) is 0.651. The molecule has 0 N–H and O–H groups in total. The molecule has 1 fully saturated rings. The summed E-state index contributed by atoms with van der Waals surface area (Å²) in [5.74, 6) is 0. The molecule has 1 saturated carbocycles. The summed E-state index contributed by atoms with van der Waals surface area (Å²) >= 11 is 3.71. The number of benzene rings is 1. The van der Waals surface area contributed by atoms with Crippen molar-refractivity contribution in [2.24, 2.45) is 5.41 Å². The van der Waals surface area contributed by atoms with E-state index >= 15 is 0 Å². The first kappa shape index (κ1) is 9.89. The molecular formula is C14H17Br. The van der Waals surface area contributed by atoms with Crippen molar-refractivity contribution >= 4 is 15.9 Å². The molecule has 0 aliphatic heterocycles. The molecule has 3 rings (SSSR count). The SMILES string of the molecule is Cc1ccc(Br)c2c1CC1(CCCC1)C2. The molecule has 0 radical (unpaired) electrons. The van der Waals surface area contributed by atoms with Crippen molar-refractivity contribution in [2.45, 2.75) is 45.4 Å². The first-order valence-corrected chi connectivity index (χ1v) is 6.76. The van der Waals surface area contributed by atoms with E-state index in [-0.39, 0.29) is 0 Å². The summed E-state index contributed by atoms with van der Waals surface area (Å²) in [5.41, 5.74) is 5.40. The number of halogens is 1. The number of fused-ring (bicyclic) bond motifs is 1. The average Bonchev–Trinajstić information content (AvgIpc) is 2.82. The minimum absolute atomic E-state index is 0.650. The van der Waals surface area contributed by atoms with Gasteiger partial charge in [-0.15, -0.1) is 0 Å². The fraction of sp³-hybridized carbons (Fsp3) is 0.571. The second kappa shape index (κ2) is 3.35. The van der Waals surface area contributed by atoms with Gasteiger partial charge in [0.1, 0.15) is 0 Å². The van der Waals surface area contributed by atoms with E-state index < -0.39 is 0 Å². The molecule has 0 aromatic heterocycles. The van der Waals surface area contributed by atoms with Crippen molar-refractivity contribution in [2.75, 3.05) is 0 Å². The van der Waals surface area contributed by atoms with Crippen LogP contribution in [0, 0.1) is 12.3 Å². The Labute approximate surface area is 100 Å². The highest BCUT2D eigenvalue weighted by molar-refractivity contribution is 9.10. The summed E-state index contributed by atoms with van der Waals surface area (Å²) in [4.78, 5) is 0. The van der Waals surface area contributed by atoms with Gasteiger partial charge in [-0.1, -0.05) is 34.8 Å². The van der Waals surface area contributed by atoms with Crippen molar-refractivity contribution in [1.82, 2.24) is 0 Å². The van der Waals surface area contributed by atoms with Crippen LogP contribution in [0.15, 0.2) is 16.6 Å². The topological polar surface area (TPSA) is 0 Å². The molecule has 0 unspecified atom stereocenters. The smallest absolute Gasteiger partial charge is 0.0210 e. The Morgan fingerprint density at radius 3 is 2.40 bits per heavy atom. The largest absolute Gasteiger partial charge is 0.0579 e. The minimum atomic E-state index is 0.650. The van der Waals surface area contributed by atoms with Crippen LogP contribution >= 0.6 is 15.9 Å². The highest BCUT2D eigenvalue weighted by atomic mass is 79.9. The second-order valence-electron chi connectivity index (χ2n) is 5.38. The van der Waals surface area contributed by atoms with E-state index in [4.69, 9.17) is 0 Å². The van der Waals surface area contributed by atoms with Gasteiger partial charge in [0.15, 0.2) is 0 Å². The average molecular weight is 265 g/mol. The molecule has 0 saturated heterocycles. The van der Waals surface area contributed by atoms with Crippen LogP contribution < -0.4 is 0 Å². The molecule has 0 atom stereocenters. The first-order chi connectivity index (χ1) is 7.20. The summed E-state index contributed by atoms with van der Waals surface area (Å²) < 4.78 is 1.34. The van der Waals surface area contributed by atoms with Gasteiger partial charge in [-0.25, -0.2) is 0 Å². The molecule has 0 amide bonds. The standard InChI is InChI=1S/C14H17Br/c1-10-4-5-13(15)12-9-14(8-11(10)12)6-2-3-7-14/h4-5H,2-3,6-9H2,1H3. The molecule has 1 heteroatoms. The molecular weight excluding hydrogens is 248 g/mol.